The van der Waals surface area contributed by atoms with Crippen molar-refractivity contribution in [1.82, 2.24) is 24.4 Å². The van der Waals surface area contributed by atoms with Gasteiger partial charge < -0.3 is 19.6 Å². The van der Waals surface area contributed by atoms with Crippen molar-refractivity contribution in [3.8, 4) is 0 Å². The third kappa shape index (κ3) is 4.51. The number of nitrogens with one attached hydrogen (secondary N) is 1. The van der Waals surface area contributed by atoms with Gasteiger partial charge in [0, 0.05) is 31.3 Å². The Morgan fingerprint density at radius 3 is 2.84 bits per heavy atom. The molecule has 166 valence electrons. The number of aliphatic hydroxyl groups is 1. The molecule has 1 amide bonds. The smallest absolute Gasteiger partial charge is 0.220 e. The molecule has 1 aromatic carbocycles. The number of imidazole rings is 2. The van der Waals surface area contributed by atoms with Crippen molar-refractivity contribution in [2.75, 3.05) is 0 Å². The molecule has 2 N–H and O–H groups in total. The molecule has 1 aliphatic carbocycles. The SMILES string of the molecule is Cc1nccn1[C@@H]1CCC[C@@H](NC(=O)CCCn2c(C(C)C)nc3ccccc32)[C@H]1O. The number of fused-ring (bicyclic) bond motifs is 1. The van der Waals surface area contributed by atoms with Crippen LogP contribution in [0.15, 0.2) is 36.7 Å². The number of rotatable bonds is 7. The van der Waals surface area contributed by atoms with E-state index in [2.05, 4.69) is 34.8 Å². The summed E-state index contributed by atoms with van der Waals surface area (Å²) in [6, 6.07) is 7.91. The van der Waals surface area contributed by atoms with Crippen LogP contribution in [0, 0.1) is 6.92 Å². The lowest BCUT2D eigenvalue weighted by Crippen LogP contribution is -2.49. The van der Waals surface area contributed by atoms with E-state index >= 15 is 0 Å². The van der Waals surface area contributed by atoms with E-state index in [4.69, 9.17) is 4.98 Å². The molecule has 0 radical (unpaired) electrons. The van der Waals surface area contributed by atoms with E-state index in [1.807, 2.05) is 35.9 Å². The van der Waals surface area contributed by atoms with E-state index < -0.39 is 6.10 Å². The number of para-hydroxylation sites is 2. The van der Waals surface area contributed by atoms with Crippen molar-refractivity contribution in [1.29, 1.82) is 0 Å². The van der Waals surface area contributed by atoms with Gasteiger partial charge in [0.15, 0.2) is 0 Å². The first-order valence-corrected chi connectivity index (χ1v) is 11.4. The van der Waals surface area contributed by atoms with Gasteiger partial charge in [0.25, 0.3) is 0 Å². The largest absolute Gasteiger partial charge is 0.389 e. The van der Waals surface area contributed by atoms with Crippen molar-refractivity contribution in [3.05, 3.63) is 48.3 Å². The molecule has 7 heteroatoms. The van der Waals surface area contributed by atoms with Crippen molar-refractivity contribution in [2.24, 2.45) is 0 Å². The molecular formula is C24H33N5O2. The Bertz CT molecular complexity index is 1040. The second-order valence-electron chi connectivity index (χ2n) is 8.91. The lowest BCUT2D eigenvalue weighted by Gasteiger charge is -2.36. The Kier molecular flexibility index (Phi) is 6.41. The highest BCUT2D eigenvalue weighted by molar-refractivity contribution is 5.77. The van der Waals surface area contributed by atoms with Crippen molar-refractivity contribution >= 4 is 16.9 Å². The maximum Gasteiger partial charge on any atom is 0.220 e. The van der Waals surface area contributed by atoms with Gasteiger partial charge in [-0.15, -0.1) is 0 Å². The summed E-state index contributed by atoms with van der Waals surface area (Å²) in [7, 11) is 0. The summed E-state index contributed by atoms with van der Waals surface area (Å²) in [6.45, 7) is 6.99. The van der Waals surface area contributed by atoms with Crippen LogP contribution < -0.4 is 5.32 Å². The van der Waals surface area contributed by atoms with Crippen LogP contribution in [0.2, 0.25) is 0 Å². The number of hydrogen-bond acceptors (Lipinski definition) is 4. The molecule has 2 heterocycles. The highest BCUT2D eigenvalue weighted by atomic mass is 16.3. The van der Waals surface area contributed by atoms with E-state index in [-0.39, 0.29) is 18.0 Å². The maximum absolute atomic E-state index is 12.7. The van der Waals surface area contributed by atoms with Crippen LogP contribution in [0.5, 0.6) is 0 Å². The van der Waals surface area contributed by atoms with Crippen molar-refractivity contribution < 1.29 is 9.90 Å². The fourth-order valence-electron chi connectivity index (χ4n) is 4.80. The molecule has 3 aromatic rings. The summed E-state index contributed by atoms with van der Waals surface area (Å²) in [5.74, 6) is 2.28. The number of hydrogen-bond donors (Lipinski definition) is 2. The van der Waals surface area contributed by atoms with Gasteiger partial charge in [-0.1, -0.05) is 26.0 Å². The predicted molar refractivity (Wildman–Crippen MR) is 121 cm³/mol. The molecule has 0 bridgehead atoms. The molecule has 0 spiro atoms. The summed E-state index contributed by atoms with van der Waals surface area (Å²) in [5.41, 5.74) is 2.12. The Balaban J connectivity index is 1.35. The molecule has 1 aliphatic rings. The van der Waals surface area contributed by atoms with E-state index in [1.165, 1.54) is 0 Å². The van der Waals surface area contributed by atoms with Crippen molar-refractivity contribution in [2.45, 2.75) is 83.5 Å². The second-order valence-corrected chi connectivity index (χ2v) is 8.91. The van der Waals surface area contributed by atoms with Gasteiger partial charge in [0.1, 0.15) is 11.6 Å². The molecule has 7 nitrogen and oxygen atoms in total. The number of benzene rings is 1. The standard InChI is InChI=1S/C24H33N5O2/c1-16(2)24-27-18-8-4-5-10-20(18)29(24)14-7-12-22(30)26-19-9-6-11-21(23(19)31)28-15-13-25-17(28)3/h4-5,8,10,13,15-16,19,21,23,31H,6-7,9,11-12,14H2,1-3H3,(H,26,30)/t19-,21-,23-/m1/s1. The zero-order chi connectivity index (χ0) is 22.0. The van der Waals surface area contributed by atoms with Crippen LogP contribution in [0.1, 0.15) is 69.6 Å². The quantitative estimate of drug-likeness (QED) is 0.607. The second kappa shape index (κ2) is 9.22. The molecule has 0 aliphatic heterocycles. The zero-order valence-corrected chi connectivity index (χ0v) is 18.7. The predicted octanol–water partition coefficient (Wildman–Crippen LogP) is 3.72. The average Bonchev–Trinajstić information content (AvgIpc) is 3.33. The van der Waals surface area contributed by atoms with Crippen LogP contribution in [0.25, 0.3) is 11.0 Å². The number of aryl methyl sites for hydroxylation is 2. The minimum atomic E-state index is -0.601. The number of aliphatic hydroxyl groups excluding tert-OH is 1. The molecule has 4 rings (SSSR count). The number of carbonyl (C=O) groups excluding carboxylic acids is 1. The first-order chi connectivity index (χ1) is 15.0. The van der Waals surface area contributed by atoms with E-state index in [9.17, 15) is 9.90 Å². The molecular weight excluding hydrogens is 390 g/mol. The lowest BCUT2D eigenvalue weighted by atomic mass is 9.87. The van der Waals surface area contributed by atoms with Crippen molar-refractivity contribution in [3.63, 3.8) is 0 Å². The summed E-state index contributed by atoms with van der Waals surface area (Å²) < 4.78 is 4.27. The molecule has 0 saturated heterocycles. The number of aromatic nitrogens is 4. The summed E-state index contributed by atoms with van der Waals surface area (Å²) >= 11 is 0. The Morgan fingerprint density at radius 2 is 2.10 bits per heavy atom. The minimum Gasteiger partial charge on any atom is -0.389 e. The summed E-state index contributed by atoms with van der Waals surface area (Å²) in [4.78, 5) is 21.7. The van der Waals surface area contributed by atoms with Gasteiger partial charge in [-0.25, -0.2) is 9.97 Å². The number of carbonyl (C=O) groups is 1. The zero-order valence-electron chi connectivity index (χ0n) is 18.7. The van der Waals surface area contributed by atoms with Crippen LogP contribution in [0.3, 0.4) is 0 Å². The molecule has 1 fully saturated rings. The third-order valence-corrected chi connectivity index (χ3v) is 6.37. The molecule has 1 saturated carbocycles. The molecule has 0 unspecified atom stereocenters. The highest BCUT2D eigenvalue weighted by Gasteiger charge is 2.34. The Hall–Kier alpha value is -2.67. The molecule has 3 atom stereocenters. The van der Waals surface area contributed by atoms with E-state index in [0.717, 1.165) is 54.9 Å². The van der Waals surface area contributed by atoms with Gasteiger partial charge in [0.05, 0.1) is 29.2 Å². The van der Waals surface area contributed by atoms with Crippen LogP contribution in [-0.4, -0.2) is 42.3 Å². The van der Waals surface area contributed by atoms with Gasteiger partial charge in [0.2, 0.25) is 5.91 Å². The van der Waals surface area contributed by atoms with Crippen LogP contribution in [0.4, 0.5) is 0 Å². The van der Waals surface area contributed by atoms with Gasteiger partial charge in [-0.05, 0) is 44.7 Å². The van der Waals surface area contributed by atoms with Crippen LogP contribution >= 0.6 is 0 Å². The van der Waals surface area contributed by atoms with Crippen LogP contribution in [-0.2, 0) is 11.3 Å². The maximum atomic E-state index is 12.7. The third-order valence-electron chi connectivity index (χ3n) is 6.37. The number of amides is 1. The summed E-state index contributed by atoms with van der Waals surface area (Å²) in [5, 5.41) is 14.0. The van der Waals surface area contributed by atoms with Gasteiger partial charge >= 0.3 is 0 Å². The fourth-order valence-corrected chi connectivity index (χ4v) is 4.80. The molecule has 2 aromatic heterocycles. The van der Waals surface area contributed by atoms with Gasteiger partial charge in [-0.2, -0.15) is 0 Å². The lowest BCUT2D eigenvalue weighted by molar-refractivity contribution is -0.123. The Morgan fingerprint density at radius 1 is 1.29 bits per heavy atom. The molecule has 31 heavy (non-hydrogen) atoms. The van der Waals surface area contributed by atoms with Gasteiger partial charge in [-0.3, -0.25) is 4.79 Å². The highest BCUT2D eigenvalue weighted by Crippen LogP contribution is 2.30. The number of nitrogens with zero attached hydrogens (tertiary/aromatic N) is 4. The summed E-state index contributed by atoms with van der Waals surface area (Å²) in [6.07, 6.45) is 6.92. The Labute approximate surface area is 183 Å². The normalized spacial score (nSPS) is 21.6. The first-order valence-electron chi connectivity index (χ1n) is 11.4. The first kappa shape index (κ1) is 21.6. The van der Waals surface area contributed by atoms with E-state index in [1.54, 1.807) is 6.20 Å². The minimum absolute atomic E-state index is 0.00238. The fraction of sp³-hybridized carbons (Fsp3) is 0.542. The van der Waals surface area contributed by atoms with E-state index in [0.29, 0.717) is 12.3 Å². The monoisotopic (exact) mass is 423 g/mol. The average molecular weight is 424 g/mol. The topological polar surface area (TPSA) is 85.0 Å².